The normalized spacial score (nSPS) is 16.3. The van der Waals surface area contributed by atoms with E-state index in [0.717, 1.165) is 0 Å². The molecule has 0 radical (unpaired) electrons. The predicted octanol–water partition coefficient (Wildman–Crippen LogP) is 4.72. The van der Waals surface area contributed by atoms with Crippen LogP contribution in [0.15, 0.2) is 12.1 Å². The van der Waals surface area contributed by atoms with E-state index in [-0.39, 0.29) is 64.6 Å². The van der Waals surface area contributed by atoms with E-state index in [4.69, 9.17) is 76.8 Å². The number of carbonyl (C=O) groups excluding carboxylic acids is 3. The van der Waals surface area contributed by atoms with E-state index in [1.54, 1.807) is 0 Å². The van der Waals surface area contributed by atoms with Gasteiger partial charge in [-0.05, 0) is 12.8 Å². The lowest BCUT2D eigenvalue weighted by Gasteiger charge is -2.35. The van der Waals surface area contributed by atoms with Crippen LogP contribution in [-0.4, -0.2) is 258 Å². The smallest absolute Gasteiger partial charge is 0.313 e. The summed E-state index contributed by atoms with van der Waals surface area (Å²) in [6, 6.07) is -0.235. The van der Waals surface area contributed by atoms with Crippen LogP contribution in [0.2, 0.25) is 0 Å². The molecule has 1 fully saturated rings. The summed E-state index contributed by atoms with van der Waals surface area (Å²) in [7, 11) is 0. The summed E-state index contributed by atoms with van der Waals surface area (Å²) in [5, 5.41) is 13.3. The molecule has 2 aromatic rings. The first-order valence-corrected chi connectivity index (χ1v) is 29.7. The number of aliphatic hydroxyl groups is 1. The highest BCUT2D eigenvalue weighted by Gasteiger charge is 2.41. The third kappa shape index (κ3) is 35.2. The molecule has 530 valence electrons. The molecule has 4 N–H and O–H groups in total. The zero-order valence-corrected chi connectivity index (χ0v) is 51.1. The van der Waals surface area contributed by atoms with E-state index in [2.05, 4.69) is 14.8 Å². The molecule has 1 aliphatic rings. The predicted molar refractivity (Wildman–Crippen MR) is 298 cm³/mol. The molecule has 5 unspecified atom stereocenters. The van der Waals surface area contributed by atoms with Crippen molar-refractivity contribution >= 4 is 17.8 Å². The maximum atomic E-state index is 14.7. The van der Waals surface area contributed by atoms with Crippen LogP contribution in [0.25, 0.3) is 0 Å². The second-order valence-corrected chi connectivity index (χ2v) is 20.0. The summed E-state index contributed by atoms with van der Waals surface area (Å²) in [5.74, 6) is -23.9. The fourth-order valence-corrected chi connectivity index (χ4v) is 8.00. The zero-order chi connectivity index (χ0) is 67.2. The molecule has 92 heavy (non-hydrogen) atoms. The Labute approximate surface area is 525 Å². The van der Waals surface area contributed by atoms with E-state index in [9.17, 15) is 67.8 Å². The SMILES string of the molecule is NCCOCCOCCOCCOCCOCCOCCOCCOCCOCCOCCOCCOCCC(=O)NC(COCCC(=O)Oc1c(F)c(F)cc(F)c1F)(COCCC(=O)Oc1c(F)c(F)cc(F)c1F)COCCC(O)C1CC(F)C(F)CC1F. The molecule has 3 rings (SSSR count). The molecular weight excluding hydrogens is 1270 g/mol. The fraction of sp³-hybridized carbons (Fsp3) is 0.741. The number of amides is 1. The lowest BCUT2D eigenvalue weighted by atomic mass is 9.81. The van der Waals surface area contributed by atoms with Gasteiger partial charge >= 0.3 is 11.9 Å². The van der Waals surface area contributed by atoms with Crippen LogP contribution < -0.4 is 20.5 Å². The molecule has 5 atom stereocenters. The third-order valence-corrected chi connectivity index (χ3v) is 12.7. The monoisotopic (exact) mass is 1350 g/mol. The van der Waals surface area contributed by atoms with Gasteiger partial charge in [-0.1, -0.05) is 0 Å². The first kappa shape index (κ1) is 81.6. The molecule has 0 heterocycles. The molecule has 34 heteroatoms. The van der Waals surface area contributed by atoms with Gasteiger partial charge < -0.3 is 96.7 Å². The number of nitrogens with one attached hydrogen (secondary N) is 1. The summed E-state index contributed by atoms with van der Waals surface area (Å²) in [5.41, 5.74) is 3.44. The van der Waals surface area contributed by atoms with Crippen molar-refractivity contribution in [3.05, 3.63) is 58.7 Å². The minimum atomic E-state index is -2.07. The van der Waals surface area contributed by atoms with Gasteiger partial charge in [-0.25, -0.2) is 30.7 Å². The number of hydrogen-bond donors (Lipinski definition) is 3. The van der Waals surface area contributed by atoms with Gasteiger partial charge in [0.05, 0.1) is 211 Å². The second kappa shape index (κ2) is 49.9. The molecule has 0 saturated heterocycles. The topological polar surface area (TPSA) is 266 Å². The van der Waals surface area contributed by atoms with Crippen molar-refractivity contribution in [1.29, 1.82) is 0 Å². The molecule has 1 saturated carbocycles. The Morgan fingerprint density at radius 3 is 1.02 bits per heavy atom. The van der Waals surface area contributed by atoms with Crippen molar-refractivity contribution in [3.8, 4) is 11.5 Å². The molecule has 1 aliphatic carbocycles. The Balaban J connectivity index is 1.35. The minimum absolute atomic E-state index is 0.00331. The molecule has 0 bridgehead atoms. The van der Waals surface area contributed by atoms with Crippen LogP contribution in [0.3, 0.4) is 0 Å². The largest absolute Gasteiger partial charge is 0.420 e. The highest BCUT2D eigenvalue weighted by atomic mass is 19.2. The first-order valence-electron chi connectivity index (χ1n) is 29.7. The van der Waals surface area contributed by atoms with Crippen molar-refractivity contribution in [3.63, 3.8) is 0 Å². The van der Waals surface area contributed by atoms with Crippen LogP contribution >= 0.6 is 0 Å². The van der Waals surface area contributed by atoms with Crippen LogP contribution in [0, 0.1) is 52.5 Å². The summed E-state index contributed by atoms with van der Waals surface area (Å²) in [6.07, 6.45) is -11.4. The number of halogens is 11. The van der Waals surface area contributed by atoms with E-state index < -0.39 is 177 Å². The van der Waals surface area contributed by atoms with Gasteiger partial charge in [0.25, 0.3) is 0 Å². The van der Waals surface area contributed by atoms with E-state index in [1.807, 2.05) is 0 Å². The van der Waals surface area contributed by atoms with Crippen molar-refractivity contribution in [2.75, 3.05) is 205 Å². The first-order chi connectivity index (χ1) is 44.4. The second-order valence-electron chi connectivity index (χ2n) is 20.0. The van der Waals surface area contributed by atoms with Gasteiger partial charge in [-0.3, -0.25) is 14.4 Å². The Morgan fingerprint density at radius 1 is 0.413 bits per heavy atom. The molecule has 1 amide bonds. The van der Waals surface area contributed by atoms with Crippen molar-refractivity contribution in [2.24, 2.45) is 11.7 Å². The van der Waals surface area contributed by atoms with Gasteiger partial charge in [-0.2, -0.15) is 17.6 Å². The van der Waals surface area contributed by atoms with Gasteiger partial charge in [0.2, 0.25) is 40.7 Å². The molecule has 23 nitrogen and oxygen atoms in total. The van der Waals surface area contributed by atoms with E-state index in [0.29, 0.717) is 125 Å². The van der Waals surface area contributed by atoms with Gasteiger partial charge in [-0.15, -0.1) is 0 Å². The van der Waals surface area contributed by atoms with Crippen molar-refractivity contribution in [1.82, 2.24) is 5.32 Å². The number of alkyl halides is 3. The average Bonchev–Trinajstić information content (AvgIpc) is 0.956. The fourth-order valence-electron chi connectivity index (χ4n) is 8.00. The number of hydrogen-bond acceptors (Lipinski definition) is 22. The number of aliphatic hydroxyl groups excluding tert-OH is 1. The van der Waals surface area contributed by atoms with E-state index >= 15 is 0 Å². The maximum absolute atomic E-state index is 14.7. The quantitative estimate of drug-likeness (QED) is 0.0266. The number of benzene rings is 2. The zero-order valence-electron chi connectivity index (χ0n) is 51.1. The number of rotatable bonds is 57. The van der Waals surface area contributed by atoms with Gasteiger partial charge in [0.1, 0.15) is 24.1 Å². The van der Waals surface area contributed by atoms with Crippen LogP contribution in [0.5, 0.6) is 11.5 Å². The number of esters is 2. The molecular formula is C58H85F11N2O21. The van der Waals surface area contributed by atoms with Crippen molar-refractivity contribution in [2.45, 2.75) is 68.7 Å². The molecule has 0 aromatic heterocycles. The third-order valence-electron chi connectivity index (χ3n) is 12.7. The lowest BCUT2D eigenvalue weighted by molar-refractivity contribution is -0.138. The summed E-state index contributed by atoms with van der Waals surface area (Å²) < 4.78 is 246. The molecule has 0 aliphatic heterocycles. The highest BCUT2D eigenvalue weighted by molar-refractivity contribution is 5.77. The van der Waals surface area contributed by atoms with Crippen LogP contribution in [0.4, 0.5) is 48.3 Å². The average molecular weight is 1360 g/mol. The Kier molecular flexibility index (Phi) is 44.3. The standard InChI is InChI=1S/C58H85F11N2O21/c59-41-34-43(61)42(60)33-40(41)48(72)1-6-88-37-58(38-89-8-3-50(74)91-56-52(66)44(62)35-45(63)53(56)67,39-90-9-4-51(75)92-57-54(68)46(64)36-47(65)55(57)69)71-49(73)2-7-76-11-13-78-15-17-80-19-21-82-23-25-84-27-29-86-31-32-87-30-28-85-26-24-83-22-20-81-18-16-79-14-12-77-10-5-70/h35-36,40-43,48,72H,1-34,37-39,70H2,(H,71,73). The van der Waals surface area contributed by atoms with E-state index in [1.165, 1.54) is 0 Å². The number of carbonyl (C=O) groups is 3. The Bertz CT molecular complexity index is 2200. The van der Waals surface area contributed by atoms with Gasteiger partial charge in [0.15, 0.2) is 23.3 Å². The Morgan fingerprint density at radius 2 is 0.696 bits per heavy atom. The number of nitrogens with two attached hydrogens (primary N) is 1. The van der Waals surface area contributed by atoms with Crippen LogP contribution in [0.1, 0.15) is 38.5 Å². The molecule has 2 aromatic carbocycles. The van der Waals surface area contributed by atoms with Gasteiger partial charge in [0, 0.05) is 44.0 Å². The summed E-state index contributed by atoms with van der Waals surface area (Å²) >= 11 is 0. The minimum Gasteiger partial charge on any atom is -0.420 e. The number of ether oxygens (including phenoxy) is 17. The molecule has 0 spiro atoms. The van der Waals surface area contributed by atoms with Crippen LogP contribution in [-0.2, 0) is 85.4 Å². The lowest BCUT2D eigenvalue weighted by Crippen LogP contribution is -2.59. The Hall–Kier alpha value is -4.60. The maximum Gasteiger partial charge on any atom is 0.313 e. The van der Waals surface area contributed by atoms with Crippen molar-refractivity contribution < 1.29 is 148 Å². The summed E-state index contributed by atoms with van der Waals surface area (Å²) in [6.45, 7) is 4.68. The highest BCUT2D eigenvalue weighted by Crippen LogP contribution is 2.35. The summed E-state index contributed by atoms with van der Waals surface area (Å²) in [4.78, 5) is 38.6.